The minimum atomic E-state index is -0.470. The van der Waals surface area contributed by atoms with Gasteiger partial charge in [0.05, 0.1) is 37.6 Å². The van der Waals surface area contributed by atoms with Crippen LogP contribution in [0.2, 0.25) is 0 Å². The molecule has 1 N–H and O–H groups in total. The van der Waals surface area contributed by atoms with Crippen molar-refractivity contribution < 1.29 is 24.1 Å². The predicted molar refractivity (Wildman–Crippen MR) is 111 cm³/mol. The van der Waals surface area contributed by atoms with Crippen LogP contribution in [0.15, 0.2) is 12.1 Å². The van der Waals surface area contributed by atoms with Gasteiger partial charge in [-0.05, 0) is 69.7 Å². The molecule has 2 fully saturated rings. The van der Waals surface area contributed by atoms with Crippen LogP contribution in [0.1, 0.15) is 57.2 Å². The molecule has 3 aliphatic rings. The molecule has 1 aromatic rings. The molecule has 6 nitrogen and oxygen atoms in total. The van der Waals surface area contributed by atoms with E-state index in [4.69, 9.17) is 18.9 Å². The number of piperidine rings is 1. The van der Waals surface area contributed by atoms with Gasteiger partial charge in [-0.25, -0.2) is 0 Å². The van der Waals surface area contributed by atoms with Crippen LogP contribution in [0, 0.1) is 0 Å². The lowest BCUT2D eigenvalue weighted by Gasteiger charge is -2.46. The summed E-state index contributed by atoms with van der Waals surface area (Å²) in [4.78, 5) is 2.44. The number of hydrogen-bond acceptors (Lipinski definition) is 6. The van der Waals surface area contributed by atoms with Gasteiger partial charge in [-0.2, -0.15) is 0 Å². The van der Waals surface area contributed by atoms with E-state index in [0.717, 1.165) is 31.0 Å². The quantitative estimate of drug-likeness (QED) is 0.704. The van der Waals surface area contributed by atoms with Crippen molar-refractivity contribution in [2.24, 2.45) is 0 Å². The van der Waals surface area contributed by atoms with Crippen molar-refractivity contribution in [3.8, 4) is 11.5 Å². The maximum atomic E-state index is 10.7. The zero-order valence-corrected chi connectivity index (χ0v) is 18.1. The Kier molecular flexibility index (Phi) is 6.07. The van der Waals surface area contributed by atoms with Gasteiger partial charge in [0.15, 0.2) is 11.5 Å². The maximum Gasteiger partial charge on any atom is 0.161 e. The Morgan fingerprint density at radius 3 is 2.62 bits per heavy atom. The lowest BCUT2D eigenvalue weighted by Crippen LogP contribution is -2.53. The van der Waals surface area contributed by atoms with E-state index in [0.29, 0.717) is 25.7 Å². The Bertz CT molecular complexity index is 712. The Hall–Kier alpha value is -1.34. The van der Waals surface area contributed by atoms with E-state index >= 15 is 0 Å². The molecule has 0 spiro atoms. The highest BCUT2D eigenvalue weighted by molar-refractivity contribution is 5.49. The van der Waals surface area contributed by atoms with Gasteiger partial charge in [-0.3, -0.25) is 4.90 Å². The number of methoxy groups -OCH3 is 1. The van der Waals surface area contributed by atoms with Gasteiger partial charge in [0.1, 0.15) is 6.61 Å². The first kappa shape index (κ1) is 20.9. The van der Waals surface area contributed by atoms with Crippen LogP contribution in [0.5, 0.6) is 11.5 Å². The average molecular weight is 406 g/mol. The van der Waals surface area contributed by atoms with Gasteiger partial charge in [0.25, 0.3) is 0 Å². The second-order valence-electron chi connectivity index (χ2n) is 9.45. The molecule has 1 saturated heterocycles. The molecule has 0 aromatic heterocycles. The number of ether oxygens (including phenoxy) is 4. The molecular formula is C23H35NO5. The number of fused-ring (bicyclic) bond motifs is 3. The summed E-state index contributed by atoms with van der Waals surface area (Å²) in [5, 5.41) is 10.7. The Morgan fingerprint density at radius 1 is 1.14 bits per heavy atom. The molecule has 1 saturated carbocycles. The van der Waals surface area contributed by atoms with Gasteiger partial charge in [0, 0.05) is 19.1 Å². The predicted octanol–water partition coefficient (Wildman–Crippen LogP) is 3.10. The van der Waals surface area contributed by atoms with Crippen molar-refractivity contribution in [2.45, 2.75) is 76.4 Å². The SMILES string of the molecule is COc1cc2c(cc1OCCOC1CC1)CCN1C[C@@H](OC(C)(C)C)[C@H](O)C[C@H]21. The average Bonchev–Trinajstić information content (AvgIpc) is 3.48. The first-order valence-corrected chi connectivity index (χ1v) is 10.9. The Balaban J connectivity index is 1.46. The van der Waals surface area contributed by atoms with E-state index in [2.05, 4.69) is 17.0 Å². The van der Waals surface area contributed by atoms with Crippen LogP contribution in [0.25, 0.3) is 0 Å². The maximum absolute atomic E-state index is 10.7. The fourth-order valence-electron chi connectivity index (χ4n) is 4.43. The zero-order valence-electron chi connectivity index (χ0n) is 18.1. The lowest BCUT2D eigenvalue weighted by molar-refractivity contribution is -0.149. The monoisotopic (exact) mass is 405 g/mol. The third-order valence-electron chi connectivity index (χ3n) is 5.93. The molecule has 29 heavy (non-hydrogen) atoms. The van der Waals surface area contributed by atoms with Gasteiger partial charge >= 0.3 is 0 Å². The van der Waals surface area contributed by atoms with Crippen molar-refractivity contribution in [2.75, 3.05) is 33.4 Å². The van der Waals surface area contributed by atoms with E-state index in [1.54, 1.807) is 7.11 Å². The van der Waals surface area contributed by atoms with Crippen molar-refractivity contribution in [3.63, 3.8) is 0 Å². The van der Waals surface area contributed by atoms with Crippen LogP contribution < -0.4 is 9.47 Å². The van der Waals surface area contributed by atoms with Crippen molar-refractivity contribution in [1.29, 1.82) is 0 Å². The van der Waals surface area contributed by atoms with E-state index in [9.17, 15) is 5.11 Å². The summed E-state index contributed by atoms with van der Waals surface area (Å²) in [6.45, 7) is 8.99. The second-order valence-corrected chi connectivity index (χ2v) is 9.45. The number of aliphatic hydroxyl groups excluding tert-OH is 1. The largest absolute Gasteiger partial charge is 0.493 e. The summed E-state index contributed by atoms with van der Waals surface area (Å²) in [5.74, 6) is 1.53. The molecule has 1 aromatic carbocycles. The van der Waals surface area contributed by atoms with Crippen molar-refractivity contribution >= 4 is 0 Å². The molecule has 4 rings (SSSR count). The highest BCUT2D eigenvalue weighted by Crippen LogP contribution is 2.42. The first-order valence-electron chi connectivity index (χ1n) is 10.9. The molecule has 1 aliphatic carbocycles. The Labute approximate surface area is 174 Å². The van der Waals surface area contributed by atoms with Crippen LogP contribution >= 0.6 is 0 Å². The molecule has 0 unspecified atom stereocenters. The third-order valence-corrected chi connectivity index (χ3v) is 5.93. The van der Waals surface area contributed by atoms with E-state index < -0.39 is 6.10 Å². The van der Waals surface area contributed by atoms with Crippen LogP contribution in [-0.4, -0.2) is 67.3 Å². The highest BCUT2D eigenvalue weighted by atomic mass is 16.5. The fraction of sp³-hybridized carbons (Fsp3) is 0.739. The molecule has 0 radical (unpaired) electrons. The van der Waals surface area contributed by atoms with E-state index in [1.165, 1.54) is 24.0 Å². The van der Waals surface area contributed by atoms with Crippen molar-refractivity contribution in [3.05, 3.63) is 23.3 Å². The summed E-state index contributed by atoms with van der Waals surface area (Å²) >= 11 is 0. The second kappa shape index (κ2) is 8.42. The summed E-state index contributed by atoms with van der Waals surface area (Å²) in [6, 6.07) is 4.41. The number of rotatable bonds is 7. The number of hydrogen-bond donors (Lipinski definition) is 1. The molecular weight excluding hydrogens is 370 g/mol. The van der Waals surface area contributed by atoms with Gasteiger partial charge in [-0.15, -0.1) is 0 Å². The van der Waals surface area contributed by atoms with Crippen molar-refractivity contribution in [1.82, 2.24) is 4.90 Å². The third kappa shape index (κ3) is 5.05. The normalized spacial score (nSPS) is 27.3. The fourth-order valence-corrected chi connectivity index (χ4v) is 4.43. The molecule has 2 heterocycles. The minimum Gasteiger partial charge on any atom is -0.493 e. The minimum absolute atomic E-state index is 0.149. The summed E-state index contributed by atoms with van der Waals surface area (Å²) in [7, 11) is 1.68. The molecule has 2 aliphatic heterocycles. The molecule has 162 valence electrons. The van der Waals surface area contributed by atoms with Crippen LogP contribution in [0.3, 0.4) is 0 Å². The Morgan fingerprint density at radius 2 is 1.93 bits per heavy atom. The number of benzene rings is 1. The van der Waals surface area contributed by atoms with Gasteiger partial charge < -0.3 is 24.1 Å². The van der Waals surface area contributed by atoms with E-state index in [-0.39, 0.29) is 17.7 Å². The van der Waals surface area contributed by atoms with E-state index in [1.807, 2.05) is 20.8 Å². The molecule has 3 atom stereocenters. The van der Waals surface area contributed by atoms with Gasteiger partial charge in [0.2, 0.25) is 0 Å². The van der Waals surface area contributed by atoms with Crippen LogP contribution in [-0.2, 0) is 15.9 Å². The topological polar surface area (TPSA) is 60.4 Å². The first-order chi connectivity index (χ1) is 13.8. The standard InChI is InChI=1S/C23H35NO5/c1-23(2,3)29-22-14-24-8-7-15-11-21(28-10-9-27-16-5-6-16)20(26-4)12-17(15)18(24)13-19(22)25/h11-12,16,18-19,22,25H,5-10,13-14H2,1-4H3/t18-,19-,22-/m1/s1. The summed E-state index contributed by atoms with van der Waals surface area (Å²) in [6.07, 6.45) is 3.81. The number of nitrogens with zero attached hydrogens (tertiary/aromatic N) is 1. The molecule has 0 bridgehead atoms. The molecule has 0 amide bonds. The highest BCUT2D eigenvalue weighted by Gasteiger charge is 2.40. The lowest BCUT2D eigenvalue weighted by atomic mass is 9.84. The van der Waals surface area contributed by atoms with Gasteiger partial charge in [-0.1, -0.05) is 0 Å². The summed E-state index contributed by atoms with van der Waals surface area (Å²) in [5.41, 5.74) is 2.26. The number of aliphatic hydroxyl groups is 1. The summed E-state index contributed by atoms with van der Waals surface area (Å²) < 4.78 is 23.4. The zero-order chi connectivity index (χ0) is 20.6. The molecule has 6 heteroatoms. The van der Waals surface area contributed by atoms with Crippen LogP contribution in [0.4, 0.5) is 0 Å². The smallest absolute Gasteiger partial charge is 0.161 e.